The first-order chi connectivity index (χ1) is 14.0. The van der Waals surface area contributed by atoms with Crippen LogP contribution in [0, 0.1) is 0 Å². The van der Waals surface area contributed by atoms with Crippen molar-refractivity contribution >= 4 is 10.0 Å². The van der Waals surface area contributed by atoms with Gasteiger partial charge in [0, 0.05) is 12.6 Å². The molecule has 0 saturated heterocycles. The molecule has 3 rings (SSSR count). The Bertz CT molecular complexity index is 1070. The fraction of sp³-hybridized carbons (Fsp3) is 0.278. The Morgan fingerprint density at radius 1 is 0.966 bits per heavy atom. The van der Waals surface area contributed by atoms with E-state index >= 15 is 0 Å². The highest BCUT2D eigenvalue weighted by molar-refractivity contribution is 7.89. The van der Waals surface area contributed by atoms with Crippen LogP contribution < -0.4 is 18.9 Å². The second-order valence-electron chi connectivity index (χ2n) is 5.93. The second-order valence-corrected chi connectivity index (χ2v) is 7.69. The number of tetrazole rings is 1. The van der Waals surface area contributed by atoms with Gasteiger partial charge >= 0.3 is 0 Å². The van der Waals surface area contributed by atoms with E-state index in [2.05, 4.69) is 20.2 Å². The number of rotatable bonds is 9. The van der Waals surface area contributed by atoms with Crippen molar-refractivity contribution in [3.63, 3.8) is 0 Å². The first-order valence-corrected chi connectivity index (χ1v) is 10.1. The molecule has 0 amide bonds. The van der Waals surface area contributed by atoms with Gasteiger partial charge in [-0.1, -0.05) is 6.07 Å². The number of hydrogen-bond donors (Lipinski definition) is 1. The number of ether oxygens (including phenoxy) is 3. The summed E-state index contributed by atoms with van der Waals surface area (Å²) in [4.78, 5) is 0.0819. The molecule has 0 atom stereocenters. The molecule has 3 aromatic rings. The van der Waals surface area contributed by atoms with Crippen LogP contribution in [0.4, 0.5) is 0 Å². The average Bonchev–Trinajstić information content (AvgIpc) is 3.27. The molecule has 29 heavy (non-hydrogen) atoms. The number of methoxy groups -OCH3 is 3. The lowest BCUT2D eigenvalue weighted by molar-refractivity contribution is 0.354. The van der Waals surface area contributed by atoms with Crippen LogP contribution >= 0.6 is 0 Å². The molecule has 0 aliphatic heterocycles. The van der Waals surface area contributed by atoms with Gasteiger partial charge in [0.25, 0.3) is 0 Å². The number of hydrogen-bond acceptors (Lipinski definition) is 8. The summed E-state index contributed by atoms with van der Waals surface area (Å²) >= 11 is 0. The summed E-state index contributed by atoms with van der Waals surface area (Å²) in [7, 11) is 0.837. The van der Waals surface area contributed by atoms with E-state index < -0.39 is 10.0 Å². The van der Waals surface area contributed by atoms with E-state index in [1.807, 2.05) is 12.1 Å². The lowest BCUT2D eigenvalue weighted by Crippen LogP contribution is -2.26. The van der Waals surface area contributed by atoms with Crippen molar-refractivity contribution in [2.24, 2.45) is 0 Å². The molecule has 10 nitrogen and oxygen atoms in total. The highest BCUT2D eigenvalue weighted by Crippen LogP contribution is 2.28. The van der Waals surface area contributed by atoms with E-state index in [4.69, 9.17) is 14.2 Å². The Morgan fingerprint density at radius 2 is 1.72 bits per heavy atom. The second kappa shape index (κ2) is 8.88. The molecule has 0 unspecified atom stereocenters. The van der Waals surface area contributed by atoms with Crippen LogP contribution in [0.1, 0.15) is 5.56 Å². The van der Waals surface area contributed by atoms with Gasteiger partial charge in [-0.3, -0.25) is 0 Å². The molecule has 0 spiro atoms. The molecule has 0 aliphatic carbocycles. The minimum Gasteiger partial charge on any atom is -0.494 e. The normalized spacial score (nSPS) is 11.3. The van der Waals surface area contributed by atoms with Gasteiger partial charge < -0.3 is 14.2 Å². The predicted molar refractivity (Wildman–Crippen MR) is 104 cm³/mol. The van der Waals surface area contributed by atoms with Gasteiger partial charge in [-0.25, -0.2) is 13.1 Å². The summed E-state index contributed by atoms with van der Waals surface area (Å²) in [6, 6.07) is 9.94. The van der Waals surface area contributed by atoms with Crippen molar-refractivity contribution in [3.8, 4) is 22.9 Å². The topological polar surface area (TPSA) is 117 Å². The highest BCUT2D eigenvalue weighted by Gasteiger charge is 2.17. The van der Waals surface area contributed by atoms with E-state index in [1.165, 1.54) is 30.3 Å². The van der Waals surface area contributed by atoms with Gasteiger partial charge in [-0.05, 0) is 46.7 Å². The molecule has 154 valence electrons. The number of nitrogens with one attached hydrogen (secondary N) is 1. The maximum atomic E-state index is 12.7. The average molecular weight is 419 g/mol. The van der Waals surface area contributed by atoms with Crippen molar-refractivity contribution in [1.82, 2.24) is 24.9 Å². The van der Waals surface area contributed by atoms with Crippen molar-refractivity contribution in [1.29, 1.82) is 0 Å². The Kier molecular flexibility index (Phi) is 6.29. The Balaban J connectivity index is 1.71. The van der Waals surface area contributed by atoms with E-state index in [1.54, 1.807) is 26.4 Å². The molecule has 0 radical (unpaired) electrons. The molecule has 11 heteroatoms. The van der Waals surface area contributed by atoms with Gasteiger partial charge in [0.1, 0.15) is 17.8 Å². The number of nitrogens with zero attached hydrogens (tertiary/aromatic N) is 4. The third-order valence-electron chi connectivity index (χ3n) is 4.21. The zero-order chi connectivity index (χ0) is 20.9. The summed E-state index contributed by atoms with van der Waals surface area (Å²) in [5.41, 5.74) is 1.44. The molecule has 0 aliphatic rings. The van der Waals surface area contributed by atoms with Crippen molar-refractivity contribution in [3.05, 3.63) is 48.3 Å². The minimum absolute atomic E-state index is 0.0819. The molecule has 1 heterocycles. The SMILES string of the molecule is COc1ccc(CCNS(=O)(=O)c2ccc(-n3cnnn3)c(OC)c2)cc1OC. The Labute approximate surface area is 168 Å². The summed E-state index contributed by atoms with van der Waals surface area (Å²) < 4.78 is 45.1. The maximum absolute atomic E-state index is 12.7. The maximum Gasteiger partial charge on any atom is 0.240 e. The molecule has 1 aromatic heterocycles. The summed E-state index contributed by atoms with van der Waals surface area (Å²) in [6.45, 7) is 0.217. The fourth-order valence-electron chi connectivity index (χ4n) is 2.74. The van der Waals surface area contributed by atoms with Gasteiger partial charge in [0.2, 0.25) is 10.0 Å². The number of benzene rings is 2. The molecule has 1 N–H and O–H groups in total. The molecular weight excluding hydrogens is 398 g/mol. The smallest absolute Gasteiger partial charge is 0.240 e. The first kappa shape index (κ1) is 20.6. The summed E-state index contributed by atoms with van der Waals surface area (Å²) in [5, 5.41) is 10.9. The lowest BCUT2D eigenvalue weighted by atomic mass is 10.1. The van der Waals surface area contributed by atoms with Gasteiger partial charge in [0.15, 0.2) is 11.5 Å². The van der Waals surface area contributed by atoms with E-state index in [9.17, 15) is 8.42 Å². The Hall–Kier alpha value is -3.18. The molecule has 0 bridgehead atoms. The highest BCUT2D eigenvalue weighted by atomic mass is 32.2. The first-order valence-electron chi connectivity index (χ1n) is 8.60. The zero-order valence-corrected chi connectivity index (χ0v) is 17.0. The molecule has 2 aromatic carbocycles. The predicted octanol–water partition coefficient (Wildman–Crippen LogP) is 1.21. The minimum atomic E-state index is -3.72. The van der Waals surface area contributed by atoms with Gasteiger partial charge in [-0.15, -0.1) is 5.10 Å². The summed E-state index contributed by atoms with van der Waals surface area (Å²) in [5.74, 6) is 1.54. The van der Waals surface area contributed by atoms with Gasteiger partial charge in [-0.2, -0.15) is 4.68 Å². The Morgan fingerprint density at radius 3 is 2.38 bits per heavy atom. The zero-order valence-electron chi connectivity index (χ0n) is 16.2. The largest absolute Gasteiger partial charge is 0.494 e. The van der Waals surface area contributed by atoms with E-state index in [-0.39, 0.29) is 11.4 Å². The number of sulfonamides is 1. The standard InChI is InChI=1S/C18H21N5O5S/c1-26-16-7-4-13(10-18(16)28-3)8-9-20-29(24,25)14-5-6-15(17(11-14)27-2)23-12-19-21-22-23/h4-7,10-12,20H,8-9H2,1-3H3. The van der Waals surface area contributed by atoms with Crippen molar-refractivity contribution < 1.29 is 22.6 Å². The fourth-order valence-corrected chi connectivity index (χ4v) is 3.78. The lowest BCUT2D eigenvalue weighted by Gasteiger charge is -2.12. The third-order valence-corrected chi connectivity index (χ3v) is 5.67. The van der Waals surface area contributed by atoms with Crippen LogP contribution in [0.5, 0.6) is 17.2 Å². The van der Waals surface area contributed by atoms with E-state index in [0.29, 0.717) is 29.4 Å². The monoisotopic (exact) mass is 419 g/mol. The van der Waals surface area contributed by atoms with Gasteiger partial charge in [0.05, 0.1) is 26.2 Å². The van der Waals surface area contributed by atoms with Crippen molar-refractivity contribution in [2.45, 2.75) is 11.3 Å². The van der Waals surface area contributed by atoms with Crippen LogP contribution in [0.2, 0.25) is 0 Å². The van der Waals surface area contributed by atoms with Crippen LogP contribution in [-0.4, -0.2) is 56.5 Å². The summed E-state index contributed by atoms with van der Waals surface area (Å²) in [6.07, 6.45) is 1.88. The third kappa shape index (κ3) is 4.63. The van der Waals surface area contributed by atoms with E-state index in [0.717, 1.165) is 5.56 Å². The van der Waals surface area contributed by atoms with Crippen LogP contribution in [0.3, 0.4) is 0 Å². The van der Waals surface area contributed by atoms with Crippen molar-refractivity contribution in [2.75, 3.05) is 27.9 Å². The van der Waals surface area contributed by atoms with Crippen LogP contribution in [0.15, 0.2) is 47.6 Å². The van der Waals surface area contributed by atoms with Crippen LogP contribution in [0.25, 0.3) is 5.69 Å². The molecule has 0 fully saturated rings. The molecule has 0 saturated carbocycles. The van der Waals surface area contributed by atoms with Crippen LogP contribution in [-0.2, 0) is 16.4 Å². The molecular formula is C18H21N5O5S. The quantitative estimate of drug-likeness (QED) is 0.550. The number of aromatic nitrogens is 4.